The third-order valence-corrected chi connectivity index (χ3v) is 2.60. The van der Waals surface area contributed by atoms with Gasteiger partial charge in [-0.2, -0.15) is 0 Å². The van der Waals surface area contributed by atoms with E-state index in [1.54, 1.807) is 41.1 Å². The molecular formula is C12H9NO4. The molecule has 1 aliphatic heterocycles. The first kappa shape index (κ1) is 9.77. The molecular weight excluding hydrogens is 222 g/mol. The third kappa shape index (κ3) is 1.52. The van der Waals surface area contributed by atoms with E-state index in [0.717, 1.165) is 5.69 Å². The van der Waals surface area contributed by atoms with Crippen molar-refractivity contribution in [3.8, 4) is 17.2 Å². The molecule has 5 heteroatoms. The number of hydrogen-bond donors (Lipinski definition) is 1. The lowest BCUT2D eigenvalue weighted by molar-refractivity contribution is 0.0688. The molecule has 86 valence electrons. The maximum absolute atomic E-state index is 11.0. The molecule has 1 aromatic heterocycles. The molecule has 5 nitrogen and oxygen atoms in total. The van der Waals surface area contributed by atoms with Crippen molar-refractivity contribution in [3.05, 3.63) is 42.2 Å². The zero-order valence-electron chi connectivity index (χ0n) is 8.79. The summed E-state index contributed by atoms with van der Waals surface area (Å²) in [5.41, 5.74) is 0.945. The quantitative estimate of drug-likeness (QED) is 0.857. The fraction of sp³-hybridized carbons (Fsp3) is 0.0833. The van der Waals surface area contributed by atoms with Crippen LogP contribution in [0, 0.1) is 0 Å². The number of rotatable bonds is 2. The maximum atomic E-state index is 11.0. The zero-order valence-corrected chi connectivity index (χ0v) is 8.79. The number of aromatic nitrogens is 1. The lowest BCUT2D eigenvalue weighted by Gasteiger charge is -2.07. The van der Waals surface area contributed by atoms with Crippen LogP contribution in [0.5, 0.6) is 11.5 Å². The summed E-state index contributed by atoms with van der Waals surface area (Å²) in [6.07, 6.45) is 1.70. The van der Waals surface area contributed by atoms with Crippen molar-refractivity contribution in [1.82, 2.24) is 4.57 Å². The first-order valence-corrected chi connectivity index (χ1v) is 5.06. The zero-order chi connectivity index (χ0) is 11.8. The molecule has 0 spiro atoms. The average Bonchev–Trinajstić information content (AvgIpc) is 2.96. The Morgan fingerprint density at radius 2 is 2.06 bits per heavy atom. The molecule has 0 bridgehead atoms. The number of carboxylic acid groups (broad SMARTS) is 1. The molecule has 17 heavy (non-hydrogen) atoms. The number of benzene rings is 1. The number of nitrogens with zero attached hydrogens (tertiary/aromatic N) is 1. The van der Waals surface area contributed by atoms with Crippen LogP contribution in [0.1, 0.15) is 10.5 Å². The van der Waals surface area contributed by atoms with E-state index < -0.39 is 5.97 Å². The smallest absolute Gasteiger partial charge is 0.352 e. The SMILES string of the molecule is O=C(O)c1cccn1-c1ccc2c(c1)OCO2. The Bertz CT molecular complexity index is 588. The normalized spacial score (nSPS) is 12.7. The molecule has 1 N–H and O–H groups in total. The molecule has 0 saturated heterocycles. The molecule has 2 heterocycles. The molecule has 1 aromatic carbocycles. The summed E-state index contributed by atoms with van der Waals surface area (Å²) in [6, 6.07) is 8.55. The van der Waals surface area contributed by atoms with Gasteiger partial charge in [0.25, 0.3) is 0 Å². The van der Waals surface area contributed by atoms with Crippen LogP contribution in [-0.2, 0) is 0 Å². The fourth-order valence-corrected chi connectivity index (χ4v) is 1.82. The highest BCUT2D eigenvalue weighted by molar-refractivity contribution is 5.86. The summed E-state index contributed by atoms with van der Waals surface area (Å²) in [7, 11) is 0. The van der Waals surface area contributed by atoms with Gasteiger partial charge >= 0.3 is 5.97 Å². The van der Waals surface area contributed by atoms with Gasteiger partial charge in [0.1, 0.15) is 5.69 Å². The van der Waals surface area contributed by atoms with E-state index in [1.807, 2.05) is 0 Å². The minimum absolute atomic E-state index is 0.205. The summed E-state index contributed by atoms with van der Waals surface area (Å²) in [5, 5.41) is 9.03. The average molecular weight is 231 g/mol. The minimum Gasteiger partial charge on any atom is -0.477 e. The fourth-order valence-electron chi connectivity index (χ4n) is 1.82. The van der Waals surface area contributed by atoms with Gasteiger partial charge in [0.2, 0.25) is 6.79 Å². The van der Waals surface area contributed by atoms with E-state index in [-0.39, 0.29) is 12.5 Å². The predicted octanol–water partition coefficient (Wildman–Crippen LogP) is 1.90. The largest absolute Gasteiger partial charge is 0.477 e. The summed E-state index contributed by atoms with van der Waals surface area (Å²) in [6.45, 7) is 0.205. The van der Waals surface area contributed by atoms with Gasteiger partial charge in [-0.25, -0.2) is 4.79 Å². The molecule has 0 radical (unpaired) electrons. The Labute approximate surface area is 96.8 Å². The summed E-state index contributed by atoms with van der Waals surface area (Å²) in [4.78, 5) is 11.0. The second-order valence-electron chi connectivity index (χ2n) is 3.61. The van der Waals surface area contributed by atoms with E-state index in [9.17, 15) is 4.79 Å². The Kier molecular flexibility index (Phi) is 2.04. The topological polar surface area (TPSA) is 60.7 Å². The summed E-state index contributed by atoms with van der Waals surface area (Å²) in [5.74, 6) is 0.345. The maximum Gasteiger partial charge on any atom is 0.352 e. The number of carboxylic acids is 1. The lowest BCUT2D eigenvalue weighted by atomic mass is 10.2. The number of aromatic carboxylic acids is 1. The van der Waals surface area contributed by atoms with Crippen molar-refractivity contribution in [2.45, 2.75) is 0 Å². The third-order valence-electron chi connectivity index (χ3n) is 2.60. The van der Waals surface area contributed by atoms with Gasteiger partial charge in [0, 0.05) is 18.0 Å². The van der Waals surface area contributed by atoms with Gasteiger partial charge in [-0.1, -0.05) is 0 Å². The van der Waals surface area contributed by atoms with Crippen LogP contribution >= 0.6 is 0 Å². The van der Waals surface area contributed by atoms with Gasteiger partial charge in [-0.05, 0) is 24.3 Å². The van der Waals surface area contributed by atoms with Gasteiger partial charge in [0.15, 0.2) is 11.5 Å². The molecule has 0 atom stereocenters. The molecule has 0 saturated carbocycles. The highest BCUT2D eigenvalue weighted by Gasteiger charge is 2.16. The second kappa shape index (κ2) is 3.55. The standard InChI is InChI=1S/C12H9NO4/c14-12(15)9-2-1-5-13(9)8-3-4-10-11(6-8)17-7-16-10/h1-6H,7H2,(H,14,15). The van der Waals surface area contributed by atoms with Crippen LogP contribution in [0.25, 0.3) is 5.69 Å². The van der Waals surface area contributed by atoms with Crippen LogP contribution in [-0.4, -0.2) is 22.4 Å². The Balaban J connectivity index is 2.09. The molecule has 1 aliphatic rings. The van der Waals surface area contributed by atoms with E-state index in [1.165, 1.54) is 0 Å². The molecule has 0 fully saturated rings. The number of carbonyl (C=O) groups is 1. The van der Waals surface area contributed by atoms with Crippen LogP contribution in [0.4, 0.5) is 0 Å². The number of fused-ring (bicyclic) bond motifs is 1. The second-order valence-corrected chi connectivity index (χ2v) is 3.61. The van der Waals surface area contributed by atoms with Crippen molar-refractivity contribution in [1.29, 1.82) is 0 Å². The number of ether oxygens (including phenoxy) is 2. The molecule has 0 amide bonds. The Morgan fingerprint density at radius 1 is 1.24 bits per heavy atom. The van der Waals surface area contributed by atoms with E-state index in [2.05, 4.69) is 0 Å². The van der Waals surface area contributed by atoms with Crippen LogP contribution < -0.4 is 9.47 Å². The van der Waals surface area contributed by atoms with Crippen molar-refractivity contribution in [2.24, 2.45) is 0 Å². The van der Waals surface area contributed by atoms with Crippen molar-refractivity contribution < 1.29 is 19.4 Å². The van der Waals surface area contributed by atoms with Gasteiger partial charge in [-0.3, -0.25) is 0 Å². The molecule has 3 rings (SSSR count). The van der Waals surface area contributed by atoms with Crippen molar-refractivity contribution in [2.75, 3.05) is 6.79 Å². The lowest BCUT2D eigenvalue weighted by Crippen LogP contribution is -2.05. The molecule has 2 aromatic rings. The van der Waals surface area contributed by atoms with E-state index in [4.69, 9.17) is 14.6 Å². The van der Waals surface area contributed by atoms with Crippen LogP contribution in [0.15, 0.2) is 36.5 Å². The minimum atomic E-state index is -0.965. The predicted molar refractivity (Wildman–Crippen MR) is 58.9 cm³/mol. The monoisotopic (exact) mass is 231 g/mol. The van der Waals surface area contributed by atoms with Crippen molar-refractivity contribution in [3.63, 3.8) is 0 Å². The number of hydrogen-bond acceptors (Lipinski definition) is 3. The highest BCUT2D eigenvalue weighted by atomic mass is 16.7. The first-order chi connectivity index (χ1) is 8.25. The highest BCUT2D eigenvalue weighted by Crippen LogP contribution is 2.33. The van der Waals surface area contributed by atoms with E-state index in [0.29, 0.717) is 11.5 Å². The van der Waals surface area contributed by atoms with Crippen LogP contribution in [0.3, 0.4) is 0 Å². The Morgan fingerprint density at radius 3 is 2.88 bits per heavy atom. The molecule has 0 aliphatic carbocycles. The molecule has 0 unspecified atom stereocenters. The Hall–Kier alpha value is -2.43. The van der Waals surface area contributed by atoms with Gasteiger partial charge in [-0.15, -0.1) is 0 Å². The van der Waals surface area contributed by atoms with Gasteiger partial charge < -0.3 is 19.1 Å². The summed E-state index contributed by atoms with van der Waals surface area (Å²) >= 11 is 0. The van der Waals surface area contributed by atoms with Gasteiger partial charge in [0.05, 0.1) is 0 Å². The first-order valence-electron chi connectivity index (χ1n) is 5.06. The summed E-state index contributed by atoms with van der Waals surface area (Å²) < 4.78 is 12.0. The van der Waals surface area contributed by atoms with Crippen LogP contribution in [0.2, 0.25) is 0 Å². The van der Waals surface area contributed by atoms with E-state index >= 15 is 0 Å². The van der Waals surface area contributed by atoms with Crippen molar-refractivity contribution >= 4 is 5.97 Å².